The van der Waals surface area contributed by atoms with Crippen LogP contribution in [0.4, 0.5) is 0 Å². The first kappa shape index (κ1) is 9.24. The molecule has 0 unspecified atom stereocenters. The minimum atomic E-state index is -1.48. The summed E-state index contributed by atoms with van der Waals surface area (Å²) in [6, 6.07) is 1.59. The molecule has 1 aromatic rings. The van der Waals surface area contributed by atoms with Crippen molar-refractivity contribution >= 4 is 12.7 Å². The van der Waals surface area contributed by atoms with E-state index in [0.29, 0.717) is 17.9 Å². The molecule has 66 valence electrons. The van der Waals surface area contributed by atoms with Crippen molar-refractivity contribution in [3.63, 3.8) is 0 Å². The molecule has 6 heteroatoms. The highest BCUT2D eigenvalue weighted by Crippen LogP contribution is 1.94. The Morgan fingerprint density at radius 1 is 1.67 bits per heavy atom. The van der Waals surface area contributed by atoms with Gasteiger partial charge in [-0.2, -0.15) is 5.10 Å². The van der Waals surface area contributed by atoms with Gasteiger partial charge in [-0.15, -0.1) is 0 Å². The number of hydrogen-bond acceptors (Lipinski definition) is 4. The van der Waals surface area contributed by atoms with Gasteiger partial charge in [0.1, 0.15) is 0 Å². The second kappa shape index (κ2) is 3.71. The van der Waals surface area contributed by atoms with Crippen LogP contribution in [-0.2, 0) is 18.4 Å². The summed E-state index contributed by atoms with van der Waals surface area (Å²) in [6.45, 7) is 0.376. The average Bonchev–Trinajstić information content (AvgIpc) is 2.32. The van der Waals surface area contributed by atoms with E-state index in [-0.39, 0.29) is 0 Å². The van der Waals surface area contributed by atoms with E-state index in [1.54, 1.807) is 20.2 Å². The molecule has 0 spiro atoms. The molecule has 0 aliphatic carbocycles. The molecule has 0 saturated carbocycles. The van der Waals surface area contributed by atoms with E-state index in [9.17, 15) is 0 Å². The fraction of sp³-hybridized carbons (Fsp3) is 0.500. The molecule has 12 heavy (non-hydrogen) atoms. The van der Waals surface area contributed by atoms with Crippen molar-refractivity contribution in [1.82, 2.24) is 9.78 Å². The maximum absolute atomic E-state index is 8.84. The lowest BCUT2D eigenvalue weighted by Crippen LogP contribution is -2.35. The first-order chi connectivity index (χ1) is 5.65. The lowest BCUT2D eigenvalue weighted by Gasteiger charge is -1.96. The van der Waals surface area contributed by atoms with Crippen molar-refractivity contribution in [3.8, 4) is 0 Å². The third kappa shape index (κ3) is 1.85. The minimum absolute atomic E-state index is 0.363. The number of aromatic nitrogens is 2. The fourth-order valence-electron chi connectivity index (χ4n) is 1.00. The van der Waals surface area contributed by atoms with Gasteiger partial charge in [-0.1, -0.05) is 0 Å². The molecule has 0 aliphatic heterocycles. The molecular weight excluding hydrogens is 159 g/mol. The van der Waals surface area contributed by atoms with Crippen LogP contribution in [0.3, 0.4) is 0 Å². The van der Waals surface area contributed by atoms with Gasteiger partial charge in [0.15, 0.2) is 0 Å². The van der Waals surface area contributed by atoms with Gasteiger partial charge in [0.25, 0.3) is 0 Å². The van der Waals surface area contributed by atoms with Crippen molar-refractivity contribution < 1.29 is 14.8 Å². The van der Waals surface area contributed by atoms with Crippen LogP contribution in [0, 0.1) is 0 Å². The Labute approximate surface area is 70.7 Å². The lowest BCUT2D eigenvalue weighted by atomic mass is 9.86. The lowest BCUT2D eigenvalue weighted by molar-refractivity contribution is 0.181. The van der Waals surface area contributed by atoms with Crippen LogP contribution in [0.25, 0.3) is 0 Å². The Bertz CT molecular complexity index is 261. The molecule has 0 bridgehead atoms. The molecule has 0 amide bonds. The molecule has 0 aliphatic rings. The molecule has 0 atom stereocenters. The van der Waals surface area contributed by atoms with Crippen LogP contribution in [-0.4, -0.2) is 34.1 Å². The monoisotopic (exact) mass is 170 g/mol. The molecule has 0 saturated heterocycles. The summed E-state index contributed by atoms with van der Waals surface area (Å²) in [5, 5.41) is 21.7. The van der Waals surface area contributed by atoms with Crippen molar-refractivity contribution in [2.75, 3.05) is 7.11 Å². The van der Waals surface area contributed by atoms with Crippen molar-refractivity contribution in [2.45, 2.75) is 6.61 Å². The molecule has 0 fully saturated rings. The Morgan fingerprint density at radius 2 is 2.33 bits per heavy atom. The summed E-state index contributed by atoms with van der Waals surface area (Å²) < 4.78 is 6.25. The Morgan fingerprint density at radius 3 is 2.75 bits per heavy atom. The summed E-state index contributed by atoms with van der Waals surface area (Å²) >= 11 is 0. The van der Waals surface area contributed by atoms with Crippen LogP contribution >= 0.6 is 0 Å². The van der Waals surface area contributed by atoms with Gasteiger partial charge in [-0.05, 0) is 6.07 Å². The Kier molecular flexibility index (Phi) is 2.85. The van der Waals surface area contributed by atoms with Gasteiger partial charge in [-0.3, -0.25) is 4.68 Å². The van der Waals surface area contributed by atoms with Crippen LogP contribution in [0.15, 0.2) is 6.07 Å². The minimum Gasteiger partial charge on any atom is -0.422 e. The quantitative estimate of drug-likeness (QED) is 0.527. The van der Waals surface area contributed by atoms with Gasteiger partial charge >= 0.3 is 7.12 Å². The molecule has 1 heterocycles. The Hall–Kier alpha value is -0.845. The second-order valence-electron chi connectivity index (χ2n) is 2.49. The molecule has 0 aromatic carbocycles. The van der Waals surface area contributed by atoms with Gasteiger partial charge in [0.05, 0.1) is 17.9 Å². The van der Waals surface area contributed by atoms with Gasteiger partial charge in [-0.25, -0.2) is 0 Å². The van der Waals surface area contributed by atoms with E-state index >= 15 is 0 Å². The predicted octanol–water partition coefficient (Wildman–Crippen LogP) is -1.75. The van der Waals surface area contributed by atoms with Gasteiger partial charge < -0.3 is 14.8 Å². The number of rotatable bonds is 3. The highest BCUT2D eigenvalue weighted by molar-refractivity contribution is 6.57. The van der Waals surface area contributed by atoms with Crippen molar-refractivity contribution in [2.24, 2.45) is 7.05 Å². The number of ether oxygens (including phenoxy) is 1. The molecule has 0 radical (unpaired) electrons. The molecule has 2 N–H and O–H groups in total. The fourth-order valence-corrected chi connectivity index (χ4v) is 1.00. The van der Waals surface area contributed by atoms with Crippen LogP contribution in [0.5, 0.6) is 0 Å². The van der Waals surface area contributed by atoms with E-state index in [2.05, 4.69) is 5.10 Å². The molecule has 5 nitrogen and oxygen atoms in total. The van der Waals surface area contributed by atoms with E-state index in [1.165, 1.54) is 4.68 Å². The number of methoxy groups -OCH3 is 1. The third-order valence-electron chi connectivity index (χ3n) is 1.52. The number of hydrogen-bond donors (Lipinski definition) is 2. The second-order valence-corrected chi connectivity index (χ2v) is 2.49. The highest BCUT2D eigenvalue weighted by atomic mass is 16.5. The topological polar surface area (TPSA) is 67.5 Å². The number of aryl methyl sites for hydroxylation is 1. The van der Waals surface area contributed by atoms with E-state index in [1.807, 2.05) is 0 Å². The Balaban J connectivity index is 2.85. The maximum atomic E-state index is 8.84. The van der Waals surface area contributed by atoms with Gasteiger partial charge in [0.2, 0.25) is 0 Å². The zero-order valence-electron chi connectivity index (χ0n) is 7.06. The van der Waals surface area contributed by atoms with Crippen LogP contribution in [0.2, 0.25) is 0 Å². The molecule has 1 aromatic heterocycles. The summed E-state index contributed by atoms with van der Waals surface area (Å²) in [5.41, 5.74) is 1.05. The van der Waals surface area contributed by atoms with Gasteiger partial charge in [0, 0.05) is 14.2 Å². The van der Waals surface area contributed by atoms with Crippen molar-refractivity contribution in [3.05, 3.63) is 11.8 Å². The van der Waals surface area contributed by atoms with Crippen molar-refractivity contribution in [1.29, 1.82) is 0 Å². The van der Waals surface area contributed by atoms with E-state index in [4.69, 9.17) is 14.8 Å². The summed E-state index contributed by atoms with van der Waals surface area (Å²) in [6.07, 6.45) is 0. The summed E-state index contributed by atoms with van der Waals surface area (Å²) in [7, 11) is 1.73. The zero-order chi connectivity index (χ0) is 9.14. The summed E-state index contributed by atoms with van der Waals surface area (Å²) in [5.74, 6) is 0. The van der Waals surface area contributed by atoms with E-state index < -0.39 is 7.12 Å². The first-order valence-corrected chi connectivity index (χ1v) is 3.53. The highest BCUT2D eigenvalue weighted by Gasteiger charge is 2.16. The smallest absolute Gasteiger partial charge is 0.422 e. The number of nitrogens with zero attached hydrogens (tertiary/aromatic N) is 2. The molecule has 1 rings (SSSR count). The average molecular weight is 170 g/mol. The normalized spacial score (nSPS) is 10.3. The summed E-state index contributed by atoms with van der Waals surface area (Å²) in [4.78, 5) is 0. The van der Waals surface area contributed by atoms with Crippen LogP contribution < -0.4 is 5.59 Å². The largest absolute Gasteiger partial charge is 0.507 e. The van der Waals surface area contributed by atoms with E-state index in [0.717, 1.165) is 0 Å². The SMILES string of the molecule is COCc1cc(B(O)O)n(C)n1. The first-order valence-electron chi connectivity index (χ1n) is 3.53. The predicted molar refractivity (Wildman–Crippen MR) is 43.7 cm³/mol. The molecular formula is C6H11BN2O3. The third-order valence-corrected chi connectivity index (χ3v) is 1.52. The van der Waals surface area contributed by atoms with Crippen LogP contribution in [0.1, 0.15) is 5.69 Å². The maximum Gasteiger partial charge on any atom is 0.507 e. The standard InChI is InChI=1S/C6H11BN2O3/c1-9-6(7(10)11)3-5(8-9)4-12-2/h3,10-11H,4H2,1-2H3. The zero-order valence-corrected chi connectivity index (χ0v) is 7.06.